The molecular formula is C19H29N3O4S. The first-order chi connectivity index (χ1) is 13.0. The minimum Gasteiger partial charge on any atom is -0.395 e. The number of amides is 1. The van der Waals surface area contributed by atoms with Crippen molar-refractivity contribution in [2.45, 2.75) is 43.5 Å². The van der Waals surface area contributed by atoms with E-state index in [1.165, 1.54) is 4.31 Å². The van der Waals surface area contributed by atoms with Crippen LogP contribution in [0.25, 0.3) is 0 Å². The smallest absolute Gasteiger partial charge is 0.243 e. The van der Waals surface area contributed by atoms with E-state index in [0.29, 0.717) is 31.9 Å². The van der Waals surface area contributed by atoms with Crippen LogP contribution in [0.1, 0.15) is 32.6 Å². The van der Waals surface area contributed by atoms with Crippen LogP contribution in [0.5, 0.6) is 0 Å². The number of aliphatic hydroxyl groups excluding tert-OH is 1. The molecule has 1 aromatic carbocycles. The molecule has 7 nitrogen and oxygen atoms in total. The molecule has 8 heteroatoms. The number of anilines is 1. The van der Waals surface area contributed by atoms with Gasteiger partial charge in [0, 0.05) is 43.8 Å². The molecule has 0 radical (unpaired) electrons. The van der Waals surface area contributed by atoms with E-state index in [1.807, 2.05) is 6.92 Å². The Kier molecular flexibility index (Phi) is 6.52. The fourth-order valence-electron chi connectivity index (χ4n) is 3.59. The summed E-state index contributed by atoms with van der Waals surface area (Å²) in [4.78, 5) is 14.4. The van der Waals surface area contributed by atoms with Crippen molar-refractivity contribution in [2.24, 2.45) is 5.92 Å². The topological polar surface area (TPSA) is 89.9 Å². The second-order valence-corrected chi connectivity index (χ2v) is 9.26. The van der Waals surface area contributed by atoms with E-state index in [1.54, 1.807) is 24.3 Å². The van der Waals surface area contributed by atoms with E-state index < -0.39 is 10.0 Å². The van der Waals surface area contributed by atoms with Gasteiger partial charge in [0.25, 0.3) is 0 Å². The van der Waals surface area contributed by atoms with E-state index in [-0.39, 0.29) is 29.4 Å². The summed E-state index contributed by atoms with van der Waals surface area (Å²) in [6.45, 7) is 4.19. The van der Waals surface area contributed by atoms with E-state index >= 15 is 0 Å². The molecule has 1 heterocycles. The highest BCUT2D eigenvalue weighted by Gasteiger charge is 2.30. The number of benzene rings is 1. The van der Waals surface area contributed by atoms with Crippen LogP contribution in [0.15, 0.2) is 29.2 Å². The molecule has 1 aliphatic heterocycles. The average molecular weight is 396 g/mol. The molecule has 27 heavy (non-hydrogen) atoms. The standard InChI is InChI=1S/C19H29N3O4S/c1-2-17(14-23)21-10-12-22(13-11-21)27(25,26)18-8-6-16(7-9-18)20-19(24)15-4-3-5-15/h6-9,15,17,23H,2-5,10-14H2,1H3,(H,20,24)/t17-/m0/s1. The maximum absolute atomic E-state index is 12.9. The Balaban J connectivity index is 1.60. The van der Waals surface area contributed by atoms with E-state index in [4.69, 9.17) is 0 Å². The first kappa shape index (κ1) is 20.3. The van der Waals surface area contributed by atoms with Crippen LogP contribution in [0.4, 0.5) is 5.69 Å². The lowest BCUT2D eigenvalue weighted by atomic mass is 9.85. The van der Waals surface area contributed by atoms with Gasteiger partial charge in [-0.1, -0.05) is 13.3 Å². The molecule has 0 unspecified atom stereocenters. The van der Waals surface area contributed by atoms with Crippen molar-refractivity contribution < 1.29 is 18.3 Å². The van der Waals surface area contributed by atoms with Gasteiger partial charge < -0.3 is 10.4 Å². The molecule has 1 aromatic rings. The second kappa shape index (κ2) is 8.68. The predicted molar refractivity (Wildman–Crippen MR) is 104 cm³/mol. The van der Waals surface area contributed by atoms with Crippen LogP contribution < -0.4 is 5.32 Å². The zero-order valence-corrected chi connectivity index (χ0v) is 16.6. The van der Waals surface area contributed by atoms with Gasteiger partial charge >= 0.3 is 0 Å². The predicted octanol–water partition coefficient (Wildman–Crippen LogP) is 1.50. The highest BCUT2D eigenvalue weighted by Crippen LogP contribution is 2.28. The van der Waals surface area contributed by atoms with E-state index in [9.17, 15) is 18.3 Å². The molecule has 1 saturated heterocycles. The molecule has 3 rings (SSSR count). The van der Waals surface area contributed by atoms with Crippen molar-refractivity contribution in [3.63, 3.8) is 0 Å². The van der Waals surface area contributed by atoms with Gasteiger partial charge in [0.1, 0.15) is 0 Å². The van der Waals surface area contributed by atoms with Crippen LogP contribution in [-0.4, -0.2) is 67.5 Å². The summed E-state index contributed by atoms with van der Waals surface area (Å²) in [7, 11) is -3.55. The molecule has 1 aliphatic carbocycles. The number of hydrogen-bond acceptors (Lipinski definition) is 5. The van der Waals surface area contributed by atoms with Crippen LogP contribution in [0.3, 0.4) is 0 Å². The SMILES string of the molecule is CC[C@@H](CO)N1CCN(S(=O)(=O)c2ccc(NC(=O)C3CCC3)cc2)CC1. The first-order valence-corrected chi connectivity index (χ1v) is 11.2. The van der Waals surface area contributed by atoms with Gasteiger partial charge in [-0.15, -0.1) is 0 Å². The summed E-state index contributed by atoms with van der Waals surface area (Å²) in [6.07, 6.45) is 3.80. The highest BCUT2D eigenvalue weighted by molar-refractivity contribution is 7.89. The molecule has 1 amide bonds. The third kappa shape index (κ3) is 4.51. The lowest BCUT2D eigenvalue weighted by Crippen LogP contribution is -2.52. The summed E-state index contributed by atoms with van der Waals surface area (Å²) >= 11 is 0. The van der Waals surface area contributed by atoms with Crippen molar-refractivity contribution in [1.29, 1.82) is 0 Å². The minimum absolute atomic E-state index is 0.0161. The molecule has 2 fully saturated rings. The maximum Gasteiger partial charge on any atom is 0.243 e. The zero-order valence-electron chi connectivity index (χ0n) is 15.8. The fraction of sp³-hybridized carbons (Fsp3) is 0.632. The summed E-state index contributed by atoms with van der Waals surface area (Å²) in [5.41, 5.74) is 0.629. The van der Waals surface area contributed by atoms with Crippen LogP contribution in [0.2, 0.25) is 0 Å². The lowest BCUT2D eigenvalue weighted by molar-refractivity contribution is -0.122. The van der Waals surface area contributed by atoms with Crippen LogP contribution in [-0.2, 0) is 14.8 Å². The highest BCUT2D eigenvalue weighted by atomic mass is 32.2. The van der Waals surface area contributed by atoms with Crippen molar-refractivity contribution >= 4 is 21.6 Å². The maximum atomic E-state index is 12.9. The quantitative estimate of drug-likeness (QED) is 0.730. The number of rotatable bonds is 7. The van der Waals surface area contributed by atoms with Gasteiger partial charge in [0.15, 0.2) is 0 Å². The second-order valence-electron chi connectivity index (χ2n) is 7.33. The Morgan fingerprint density at radius 2 is 1.81 bits per heavy atom. The first-order valence-electron chi connectivity index (χ1n) is 9.71. The largest absolute Gasteiger partial charge is 0.395 e. The molecule has 2 N–H and O–H groups in total. The molecule has 1 saturated carbocycles. The Morgan fingerprint density at radius 1 is 1.19 bits per heavy atom. The molecule has 150 valence electrons. The van der Waals surface area contributed by atoms with E-state index in [2.05, 4.69) is 10.2 Å². The van der Waals surface area contributed by atoms with Crippen molar-refractivity contribution in [3.05, 3.63) is 24.3 Å². The molecular weight excluding hydrogens is 366 g/mol. The number of sulfonamides is 1. The summed E-state index contributed by atoms with van der Waals surface area (Å²) in [5, 5.41) is 12.3. The van der Waals surface area contributed by atoms with Gasteiger partial charge in [-0.25, -0.2) is 8.42 Å². The molecule has 0 aromatic heterocycles. The number of carbonyl (C=O) groups excluding carboxylic acids is 1. The Labute approximate surface area is 161 Å². The number of nitrogens with zero attached hydrogens (tertiary/aromatic N) is 2. The van der Waals surface area contributed by atoms with Gasteiger partial charge in [0.2, 0.25) is 15.9 Å². The van der Waals surface area contributed by atoms with Crippen LogP contribution >= 0.6 is 0 Å². The third-order valence-electron chi connectivity index (χ3n) is 5.71. The number of hydrogen-bond donors (Lipinski definition) is 2. The number of aliphatic hydroxyl groups is 1. The Bertz CT molecular complexity index is 735. The number of piperazine rings is 1. The zero-order chi connectivity index (χ0) is 19.4. The molecule has 1 atom stereocenters. The Morgan fingerprint density at radius 3 is 2.30 bits per heavy atom. The fourth-order valence-corrected chi connectivity index (χ4v) is 5.01. The van der Waals surface area contributed by atoms with Crippen molar-refractivity contribution in [1.82, 2.24) is 9.21 Å². The van der Waals surface area contributed by atoms with Gasteiger partial charge in [-0.05, 0) is 43.5 Å². The summed E-state index contributed by atoms with van der Waals surface area (Å²) in [5.74, 6) is 0.109. The number of carbonyl (C=O) groups is 1. The normalized spacial score (nSPS) is 20.8. The molecule has 2 aliphatic rings. The van der Waals surface area contributed by atoms with Crippen molar-refractivity contribution in [2.75, 3.05) is 38.1 Å². The van der Waals surface area contributed by atoms with Gasteiger partial charge in [-0.2, -0.15) is 4.31 Å². The number of nitrogens with one attached hydrogen (secondary N) is 1. The summed E-state index contributed by atoms with van der Waals surface area (Å²) < 4.78 is 27.2. The molecule has 0 spiro atoms. The van der Waals surface area contributed by atoms with Gasteiger partial charge in [0.05, 0.1) is 11.5 Å². The summed E-state index contributed by atoms with van der Waals surface area (Å²) in [6, 6.07) is 6.51. The molecule has 0 bridgehead atoms. The van der Waals surface area contributed by atoms with Crippen LogP contribution in [0, 0.1) is 5.92 Å². The lowest BCUT2D eigenvalue weighted by Gasteiger charge is -2.37. The third-order valence-corrected chi connectivity index (χ3v) is 7.62. The average Bonchev–Trinajstić information content (AvgIpc) is 2.62. The van der Waals surface area contributed by atoms with E-state index in [0.717, 1.165) is 25.7 Å². The van der Waals surface area contributed by atoms with Gasteiger partial charge in [-0.3, -0.25) is 9.69 Å². The Hall–Kier alpha value is -1.48. The van der Waals surface area contributed by atoms with Crippen molar-refractivity contribution in [3.8, 4) is 0 Å². The minimum atomic E-state index is -3.55. The monoisotopic (exact) mass is 395 g/mol.